The number of carbonyl (C=O) groups is 1. The van der Waals surface area contributed by atoms with Gasteiger partial charge in [0.2, 0.25) is 5.91 Å². The van der Waals surface area contributed by atoms with Gasteiger partial charge in [-0.05, 0) is 25.5 Å². The molecular weight excluding hydrogens is 298 g/mol. The standard InChI is InChI=1S/C15H19N5O3/c1-11-10-14(19(2)18-11)17-15(21)4-3-9-16-12-5-7-13(8-6-12)20(22)23/h5-8,10,16H,3-4,9H2,1-2H3,(H,17,21). The van der Waals surface area contributed by atoms with Crippen molar-refractivity contribution in [2.75, 3.05) is 17.2 Å². The van der Waals surface area contributed by atoms with E-state index in [1.807, 2.05) is 13.0 Å². The van der Waals surface area contributed by atoms with Gasteiger partial charge >= 0.3 is 0 Å². The lowest BCUT2D eigenvalue weighted by molar-refractivity contribution is -0.384. The summed E-state index contributed by atoms with van der Waals surface area (Å²) >= 11 is 0. The molecule has 0 radical (unpaired) electrons. The Balaban J connectivity index is 1.71. The van der Waals surface area contributed by atoms with Crippen molar-refractivity contribution in [1.29, 1.82) is 0 Å². The highest BCUT2D eigenvalue weighted by molar-refractivity contribution is 5.89. The monoisotopic (exact) mass is 317 g/mol. The number of amides is 1. The molecule has 2 aromatic rings. The Hall–Kier alpha value is -2.90. The second kappa shape index (κ2) is 7.39. The van der Waals surface area contributed by atoms with Crippen LogP contribution in [0.5, 0.6) is 0 Å². The van der Waals surface area contributed by atoms with Crippen molar-refractivity contribution in [3.05, 3.63) is 46.1 Å². The summed E-state index contributed by atoms with van der Waals surface area (Å²) in [6.45, 7) is 2.47. The summed E-state index contributed by atoms with van der Waals surface area (Å²) in [6, 6.07) is 8.00. The molecule has 0 atom stereocenters. The van der Waals surface area contributed by atoms with Crippen LogP contribution in [-0.4, -0.2) is 27.2 Å². The van der Waals surface area contributed by atoms with Crippen LogP contribution in [0, 0.1) is 17.0 Å². The van der Waals surface area contributed by atoms with E-state index >= 15 is 0 Å². The molecule has 0 aliphatic carbocycles. The number of nitro benzene ring substituents is 1. The fraction of sp³-hybridized carbons (Fsp3) is 0.333. The number of anilines is 2. The van der Waals surface area contributed by atoms with Crippen LogP contribution in [0.3, 0.4) is 0 Å². The largest absolute Gasteiger partial charge is 0.385 e. The molecule has 8 nitrogen and oxygen atoms in total. The molecule has 0 saturated heterocycles. The van der Waals surface area contributed by atoms with Gasteiger partial charge in [-0.15, -0.1) is 0 Å². The van der Waals surface area contributed by atoms with Crippen LogP contribution in [-0.2, 0) is 11.8 Å². The fourth-order valence-corrected chi connectivity index (χ4v) is 2.12. The predicted molar refractivity (Wildman–Crippen MR) is 87.4 cm³/mol. The summed E-state index contributed by atoms with van der Waals surface area (Å²) in [7, 11) is 1.78. The molecule has 1 aromatic carbocycles. The molecule has 0 aliphatic heterocycles. The number of aryl methyl sites for hydroxylation is 2. The van der Waals surface area contributed by atoms with E-state index in [0.717, 1.165) is 11.4 Å². The molecule has 1 aromatic heterocycles. The minimum atomic E-state index is -0.436. The topological polar surface area (TPSA) is 102 Å². The van der Waals surface area contributed by atoms with E-state index in [2.05, 4.69) is 15.7 Å². The minimum absolute atomic E-state index is 0.0569. The lowest BCUT2D eigenvalue weighted by atomic mass is 10.2. The number of hydrogen-bond acceptors (Lipinski definition) is 5. The number of nitrogens with one attached hydrogen (secondary N) is 2. The summed E-state index contributed by atoms with van der Waals surface area (Å²) in [5.41, 5.74) is 1.70. The van der Waals surface area contributed by atoms with Crippen LogP contribution in [0.25, 0.3) is 0 Å². The van der Waals surface area contributed by atoms with Gasteiger partial charge < -0.3 is 10.6 Å². The Morgan fingerprint density at radius 1 is 1.35 bits per heavy atom. The maximum atomic E-state index is 11.8. The first-order chi connectivity index (χ1) is 11.0. The molecule has 2 rings (SSSR count). The van der Waals surface area contributed by atoms with Crippen LogP contribution >= 0.6 is 0 Å². The molecule has 0 aliphatic rings. The lowest BCUT2D eigenvalue weighted by Gasteiger charge is -2.07. The predicted octanol–water partition coefficient (Wildman–Crippen LogP) is 2.47. The summed E-state index contributed by atoms with van der Waals surface area (Å²) < 4.78 is 1.63. The van der Waals surface area contributed by atoms with Crippen molar-refractivity contribution in [2.45, 2.75) is 19.8 Å². The Kier molecular flexibility index (Phi) is 5.29. The Morgan fingerprint density at radius 2 is 2.04 bits per heavy atom. The number of nitrogens with zero attached hydrogens (tertiary/aromatic N) is 3. The van der Waals surface area contributed by atoms with Gasteiger partial charge in [0.05, 0.1) is 10.6 Å². The molecule has 0 bridgehead atoms. The molecular formula is C15H19N5O3. The molecule has 122 valence electrons. The third-order valence-electron chi connectivity index (χ3n) is 3.26. The summed E-state index contributed by atoms with van der Waals surface area (Å²) in [6.07, 6.45) is 1.03. The average molecular weight is 317 g/mol. The van der Waals surface area contributed by atoms with Gasteiger partial charge in [0.25, 0.3) is 5.69 Å². The van der Waals surface area contributed by atoms with Gasteiger partial charge in [0.15, 0.2) is 0 Å². The second-order valence-electron chi connectivity index (χ2n) is 5.18. The number of benzene rings is 1. The number of nitro groups is 1. The zero-order chi connectivity index (χ0) is 16.8. The second-order valence-corrected chi connectivity index (χ2v) is 5.18. The van der Waals surface area contributed by atoms with E-state index in [1.54, 1.807) is 23.9 Å². The number of hydrogen-bond donors (Lipinski definition) is 2. The van der Waals surface area contributed by atoms with Gasteiger partial charge in [-0.2, -0.15) is 5.10 Å². The molecule has 8 heteroatoms. The van der Waals surface area contributed by atoms with Crippen LogP contribution in [0.1, 0.15) is 18.5 Å². The quantitative estimate of drug-likeness (QED) is 0.464. The van der Waals surface area contributed by atoms with Crippen molar-refractivity contribution in [1.82, 2.24) is 9.78 Å². The summed E-state index contributed by atoms with van der Waals surface area (Å²) in [4.78, 5) is 22.0. The van der Waals surface area contributed by atoms with Crippen LogP contribution in [0.15, 0.2) is 30.3 Å². The number of rotatable bonds is 7. The first-order valence-electron chi connectivity index (χ1n) is 7.24. The van der Waals surface area contributed by atoms with Crippen molar-refractivity contribution in [3.8, 4) is 0 Å². The lowest BCUT2D eigenvalue weighted by Crippen LogP contribution is -2.15. The molecule has 0 unspecified atom stereocenters. The minimum Gasteiger partial charge on any atom is -0.385 e. The summed E-state index contributed by atoms with van der Waals surface area (Å²) in [5.74, 6) is 0.606. The molecule has 0 spiro atoms. The molecule has 1 heterocycles. The van der Waals surface area contributed by atoms with Crippen molar-refractivity contribution >= 4 is 23.1 Å². The highest BCUT2D eigenvalue weighted by Crippen LogP contribution is 2.15. The smallest absolute Gasteiger partial charge is 0.269 e. The molecule has 23 heavy (non-hydrogen) atoms. The van der Waals surface area contributed by atoms with E-state index in [0.29, 0.717) is 25.2 Å². The Bertz CT molecular complexity index is 694. The number of carbonyl (C=O) groups excluding carboxylic acids is 1. The SMILES string of the molecule is Cc1cc(NC(=O)CCCNc2ccc([N+](=O)[O-])cc2)n(C)n1. The number of aromatic nitrogens is 2. The van der Waals surface area contributed by atoms with Crippen molar-refractivity contribution in [2.24, 2.45) is 7.05 Å². The van der Waals surface area contributed by atoms with Gasteiger partial charge in [-0.25, -0.2) is 0 Å². The zero-order valence-corrected chi connectivity index (χ0v) is 13.1. The molecule has 0 saturated carbocycles. The van der Waals surface area contributed by atoms with E-state index in [1.165, 1.54) is 12.1 Å². The van der Waals surface area contributed by atoms with Crippen molar-refractivity contribution in [3.63, 3.8) is 0 Å². The van der Waals surface area contributed by atoms with Crippen LogP contribution in [0.2, 0.25) is 0 Å². The number of non-ortho nitro benzene ring substituents is 1. The van der Waals surface area contributed by atoms with E-state index in [-0.39, 0.29) is 11.6 Å². The van der Waals surface area contributed by atoms with Gasteiger partial charge in [0.1, 0.15) is 5.82 Å². The average Bonchev–Trinajstić information content (AvgIpc) is 2.82. The van der Waals surface area contributed by atoms with Gasteiger partial charge in [-0.3, -0.25) is 19.6 Å². The molecule has 1 amide bonds. The fourth-order valence-electron chi connectivity index (χ4n) is 2.12. The van der Waals surface area contributed by atoms with Crippen molar-refractivity contribution < 1.29 is 9.72 Å². The third-order valence-corrected chi connectivity index (χ3v) is 3.26. The van der Waals surface area contributed by atoms with E-state index in [9.17, 15) is 14.9 Å². The Labute approximate surface area is 133 Å². The third kappa shape index (κ3) is 4.80. The zero-order valence-electron chi connectivity index (χ0n) is 13.1. The highest BCUT2D eigenvalue weighted by Gasteiger charge is 2.07. The Morgan fingerprint density at radius 3 is 2.61 bits per heavy atom. The van der Waals surface area contributed by atoms with E-state index < -0.39 is 4.92 Å². The summed E-state index contributed by atoms with van der Waals surface area (Å²) in [5, 5.41) is 20.7. The van der Waals surface area contributed by atoms with Gasteiger partial charge in [0, 0.05) is 43.9 Å². The first kappa shape index (κ1) is 16.5. The molecule has 0 fully saturated rings. The van der Waals surface area contributed by atoms with E-state index in [4.69, 9.17) is 0 Å². The molecule has 2 N–H and O–H groups in total. The maximum absolute atomic E-state index is 11.8. The maximum Gasteiger partial charge on any atom is 0.269 e. The van der Waals surface area contributed by atoms with Gasteiger partial charge in [-0.1, -0.05) is 0 Å². The van der Waals surface area contributed by atoms with Crippen LogP contribution < -0.4 is 10.6 Å². The first-order valence-corrected chi connectivity index (χ1v) is 7.24. The highest BCUT2D eigenvalue weighted by atomic mass is 16.6. The normalized spacial score (nSPS) is 10.3. The van der Waals surface area contributed by atoms with Crippen LogP contribution in [0.4, 0.5) is 17.2 Å².